The Labute approximate surface area is 99.9 Å². The molecule has 84 valence electrons. The van der Waals surface area contributed by atoms with Gasteiger partial charge in [0.2, 0.25) is 0 Å². The minimum atomic E-state index is -0.202. The van der Waals surface area contributed by atoms with Crippen molar-refractivity contribution in [3.05, 3.63) is 29.8 Å². The molecular weight excluding hydrogens is 222 g/mol. The molecule has 4 heteroatoms. The van der Waals surface area contributed by atoms with Crippen LogP contribution in [0, 0.1) is 0 Å². The molecule has 1 fully saturated rings. The lowest BCUT2D eigenvalue weighted by molar-refractivity contribution is 0.331. The van der Waals surface area contributed by atoms with Gasteiger partial charge in [0.25, 0.3) is 0 Å². The number of hydrogen-bond donors (Lipinski definition) is 2. The van der Waals surface area contributed by atoms with Crippen molar-refractivity contribution < 1.29 is 0 Å². The van der Waals surface area contributed by atoms with E-state index in [0.717, 1.165) is 30.6 Å². The first-order valence-electron chi connectivity index (χ1n) is 5.57. The summed E-state index contributed by atoms with van der Waals surface area (Å²) < 4.78 is 0. The molecule has 3 nitrogen and oxygen atoms in total. The Morgan fingerprint density at radius 2 is 2.25 bits per heavy atom. The highest BCUT2D eigenvalue weighted by Gasteiger charge is 2.36. The third kappa shape index (κ3) is 1.70. The molecule has 0 aromatic heterocycles. The zero-order chi connectivity index (χ0) is 11.0. The Kier molecular flexibility index (Phi) is 2.37. The number of fused-ring (bicyclic) bond motifs is 1. The van der Waals surface area contributed by atoms with E-state index in [2.05, 4.69) is 27.8 Å². The number of para-hydroxylation sites is 1. The molecule has 0 radical (unpaired) electrons. The van der Waals surface area contributed by atoms with Crippen LogP contribution in [0.4, 0.5) is 5.69 Å². The number of aliphatic imine (C=N–C) groups is 1. The van der Waals surface area contributed by atoms with Gasteiger partial charge < -0.3 is 10.6 Å². The fraction of sp³-hybridized carbons (Fsp3) is 0.417. The first-order chi connectivity index (χ1) is 7.77. The predicted molar refractivity (Wildman–Crippen MR) is 67.3 cm³/mol. The molecule has 0 bridgehead atoms. The fourth-order valence-electron chi connectivity index (χ4n) is 2.34. The van der Waals surface area contributed by atoms with Crippen molar-refractivity contribution in [1.29, 1.82) is 0 Å². The third-order valence-electron chi connectivity index (χ3n) is 3.20. The second-order valence-electron chi connectivity index (χ2n) is 4.38. The first kappa shape index (κ1) is 10.1. The highest BCUT2D eigenvalue weighted by Crippen LogP contribution is 2.33. The monoisotopic (exact) mass is 235 g/mol. The number of anilines is 1. The molecule has 2 unspecified atom stereocenters. The summed E-state index contributed by atoms with van der Waals surface area (Å²) in [6.45, 7) is 0.903. The smallest absolute Gasteiger partial charge is 0.133 e. The van der Waals surface area contributed by atoms with E-state index in [-0.39, 0.29) is 11.2 Å². The van der Waals surface area contributed by atoms with Crippen LogP contribution in [0.3, 0.4) is 0 Å². The van der Waals surface area contributed by atoms with Crippen molar-refractivity contribution in [2.45, 2.75) is 24.0 Å². The number of piperidine rings is 1. The van der Waals surface area contributed by atoms with E-state index in [1.54, 1.807) is 0 Å². The van der Waals surface area contributed by atoms with Gasteiger partial charge in [0.15, 0.2) is 0 Å². The summed E-state index contributed by atoms with van der Waals surface area (Å²) in [7, 11) is 0. The molecule has 2 atom stereocenters. The van der Waals surface area contributed by atoms with Crippen LogP contribution in [0.15, 0.2) is 29.3 Å². The Balaban J connectivity index is 1.92. The first-order valence-corrected chi connectivity index (χ1v) is 6.01. The molecule has 16 heavy (non-hydrogen) atoms. The van der Waals surface area contributed by atoms with E-state index < -0.39 is 0 Å². The zero-order valence-electron chi connectivity index (χ0n) is 8.91. The van der Waals surface area contributed by atoms with E-state index >= 15 is 0 Å². The highest BCUT2D eigenvalue weighted by atomic mass is 35.5. The normalized spacial score (nSPS) is 32.2. The number of alkyl halides is 1. The lowest BCUT2D eigenvalue weighted by Gasteiger charge is -2.40. The molecule has 2 N–H and O–H groups in total. The van der Waals surface area contributed by atoms with Gasteiger partial charge in [0.05, 0.1) is 5.50 Å². The van der Waals surface area contributed by atoms with Gasteiger partial charge in [-0.25, -0.2) is 0 Å². The van der Waals surface area contributed by atoms with Crippen LogP contribution in [-0.4, -0.2) is 23.9 Å². The molecular formula is C12H14ClN3. The summed E-state index contributed by atoms with van der Waals surface area (Å²) in [5, 5.41) is 6.75. The summed E-state index contributed by atoms with van der Waals surface area (Å²) in [5.41, 5.74) is 2.11. The molecule has 0 amide bonds. The predicted octanol–water partition coefficient (Wildman–Crippen LogP) is 2.18. The maximum absolute atomic E-state index is 6.14. The van der Waals surface area contributed by atoms with E-state index in [4.69, 9.17) is 11.6 Å². The second-order valence-corrected chi connectivity index (χ2v) is 4.90. The fourth-order valence-corrected chi connectivity index (χ4v) is 2.70. The van der Waals surface area contributed by atoms with Crippen LogP contribution in [0.2, 0.25) is 0 Å². The molecule has 1 saturated heterocycles. The number of halogens is 1. The molecule has 1 spiro atoms. The summed E-state index contributed by atoms with van der Waals surface area (Å²) in [6.07, 6.45) is 3.75. The van der Waals surface area contributed by atoms with Gasteiger partial charge in [-0.1, -0.05) is 18.2 Å². The van der Waals surface area contributed by atoms with Gasteiger partial charge in [0.1, 0.15) is 5.66 Å². The molecule has 0 saturated carbocycles. The van der Waals surface area contributed by atoms with Gasteiger partial charge in [-0.05, 0) is 6.07 Å². The summed E-state index contributed by atoms with van der Waals surface area (Å²) in [4.78, 5) is 4.65. The molecule has 2 aliphatic rings. The Morgan fingerprint density at radius 1 is 1.38 bits per heavy atom. The van der Waals surface area contributed by atoms with E-state index in [1.807, 2.05) is 18.3 Å². The Bertz CT molecular complexity index is 432. The highest BCUT2D eigenvalue weighted by molar-refractivity contribution is 6.20. The molecule has 3 rings (SSSR count). The molecule has 2 heterocycles. The van der Waals surface area contributed by atoms with Crippen LogP contribution < -0.4 is 10.6 Å². The molecule has 1 aromatic rings. The average molecular weight is 236 g/mol. The summed E-state index contributed by atoms with van der Waals surface area (Å²) >= 11 is 6.14. The van der Waals surface area contributed by atoms with Gasteiger partial charge in [-0.15, -0.1) is 11.6 Å². The topological polar surface area (TPSA) is 36.4 Å². The van der Waals surface area contributed by atoms with Crippen molar-refractivity contribution in [2.24, 2.45) is 4.99 Å². The number of rotatable bonds is 0. The number of nitrogens with zero attached hydrogens (tertiary/aromatic N) is 1. The van der Waals surface area contributed by atoms with E-state index in [9.17, 15) is 0 Å². The van der Waals surface area contributed by atoms with Crippen molar-refractivity contribution in [3.8, 4) is 0 Å². The zero-order valence-corrected chi connectivity index (χ0v) is 9.67. The van der Waals surface area contributed by atoms with Gasteiger partial charge in [-0.2, -0.15) is 0 Å². The minimum absolute atomic E-state index is 0.00339. The number of benzene rings is 1. The van der Waals surface area contributed by atoms with Crippen LogP contribution in [0.25, 0.3) is 0 Å². The van der Waals surface area contributed by atoms with Crippen molar-refractivity contribution >= 4 is 23.5 Å². The molecule has 2 aliphatic heterocycles. The van der Waals surface area contributed by atoms with Crippen molar-refractivity contribution in [1.82, 2.24) is 5.32 Å². The quantitative estimate of drug-likeness (QED) is 0.534. The SMILES string of the molecule is ClC1CC2(CCN1)N=Cc1ccccc1N2. The molecule has 1 aromatic carbocycles. The minimum Gasteiger partial charge on any atom is -0.361 e. The summed E-state index contributed by atoms with van der Waals surface area (Å²) in [5.74, 6) is 0. The maximum Gasteiger partial charge on any atom is 0.133 e. The van der Waals surface area contributed by atoms with Gasteiger partial charge >= 0.3 is 0 Å². The van der Waals surface area contributed by atoms with Crippen LogP contribution in [0.1, 0.15) is 18.4 Å². The van der Waals surface area contributed by atoms with E-state index in [0.29, 0.717) is 0 Å². The van der Waals surface area contributed by atoms with Crippen LogP contribution >= 0.6 is 11.6 Å². The second kappa shape index (κ2) is 3.75. The Hall–Kier alpha value is -1.06. The number of nitrogens with one attached hydrogen (secondary N) is 2. The standard InChI is InChI=1S/C12H14ClN3/c13-11-7-12(5-6-14-11)15-8-9-3-1-2-4-10(9)16-12/h1-4,8,11,14,16H,5-7H2. The largest absolute Gasteiger partial charge is 0.361 e. The third-order valence-corrected chi connectivity index (χ3v) is 3.51. The molecule has 0 aliphatic carbocycles. The maximum atomic E-state index is 6.14. The van der Waals surface area contributed by atoms with Gasteiger partial charge in [-0.3, -0.25) is 4.99 Å². The van der Waals surface area contributed by atoms with Crippen molar-refractivity contribution in [2.75, 3.05) is 11.9 Å². The Morgan fingerprint density at radius 3 is 3.12 bits per heavy atom. The van der Waals surface area contributed by atoms with E-state index in [1.165, 1.54) is 0 Å². The lowest BCUT2D eigenvalue weighted by Crippen LogP contribution is -2.50. The van der Waals surface area contributed by atoms with Gasteiger partial charge in [0, 0.05) is 36.9 Å². The van der Waals surface area contributed by atoms with Crippen LogP contribution in [0.5, 0.6) is 0 Å². The number of hydrogen-bond acceptors (Lipinski definition) is 3. The summed E-state index contributed by atoms with van der Waals surface area (Å²) in [6, 6.07) is 8.22. The van der Waals surface area contributed by atoms with Crippen molar-refractivity contribution in [3.63, 3.8) is 0 Å². The average Bonchev–Trinajstić information content (AvgIpc) is 2.28. The van der Waals surface area contributed by atoms with Crippen LogP contribution in [-0.2, 0) is 0 Å². The lowest BCUT2D eigenvalue weighted by atomic mass is 9.95.